The summed E-state index contributed by atoms with van der Waals surface area (Å²) in [5, 5.41) is 17.5. The lowest BCUT2D eigenvalue weighted by Gasteiger charge is -2.34. The molecule has 1 fully saturated rings. The van der Waals surface area contributed by atoms with Gasteiger partial charge in [0.25, 0.3) is 11.6 Å². The smallest absolute Gasteiger partial charge is 0.293 e. The molecular formula is C20H19N5O3S. The van der Waals surface area contributed by atoms with Crippen LogP contribution in [-0.4, -0.2) is 46.9 Å². The third kappa shape index (κ3) is 4.19. The molecule has 1 amide bonds. The summed E-state index contributed by atoms with van der Waals surface area (Å²) < 4.78 is 0. The number of nitrogens with zero attached hydrogens (tertiary/aromatic N) is 4. The van der Waals surface area contributed by atoms with Gasteiger partial charge in [0.15, 0.2) is 5.13 Å². The molecule has 9 heteroatoms. The first-order chi connectivity index (χ1) is 14.1. The van der Waals surface area contributed by atoms with Crippen LogP contribution in [0.1, 0.15) is 10.4 Å². The number of piperazine rings is 1. The fourth-order valence-corrected chi connectivity index (χ4v) is 3.95. The summed E-state index contributed by atoms with van der Waals surface area (Å²) in [4.78, 5) is 32.2. The predicted octanol–water partition coefficient (Wildman–Crippen LogP) is 3.76. The van der Waals surface area contributed by atoms with Crippen LogP contribution >= 0.6 is 11.3 Å². The van der Waals surface area contributed by atoms with E-state index in [0.29, 0.717) is 37.4 Å². The number of carbonyl (C=O) groups is 1. The van der Waals surface area contributed by atoms with E-state index < -0.39 is 4.92 Å². The van der Waals surface area contributed by atoms with Crippen molar-refractivity contribution in [2.24, 2.45) is 0 Å². The Kier molecular flexibility index (Phi) is 5.39. The minimum atomic E-state index is -0.470. The lowest BCUT2D eigenvalue weighted by molar-refractivity contribution is -0.383. The van der Waals surface area contributed by atoms with Gasteiger partial charge in [-0.2, -0.15) is 0 Å². The van der Waals surface area contributed by atoms with Gasteiger partial charge >= 0.3 is 0 Å². The highest BCUT2D eigenvalue weighted by Gasteiger charge is 2.25. The lowest BCUT2D eigenvalue weighted by atomic mass is 10.1. The highest BCUT2D eigenvalue weighted by molar-refractivity contribution is 7.13. The maximum atomic E-state index is 12.9. The quantitative estimate of drug-likeness (QED) is 0.510. The molecule has 4 rings (SSSR count). The van der Waals surface area contributed by atoms with Gasteiger partial charge in [0, 0.05) is 55.1 Å². The minimum absolute atomic E-state index is 0.124. The Morgan fingerprint density at radius 2 is 1.86 bits per heavy atom. The molecule has 3 aromatic rings. The van der Waals surface area contributed by atoms with Crippen LogP contribution in [0.5, 0.6) is 0 Å². The number of nitro benzene ring substituents is 1. The van der Waals surface area contributed by atoms with Gasteiger partial charge in [-0.15, -0.1) is 11.3 Å². The van der Waals surface area contributed by atoms with E-state index >= 15 is 0 Å². The van der Waals surface area contributed by atoms with Gasteiger partial charge in [-0.05, 0) is 24.3 Å². The van der Waals surface area contributed by atoms with Gasteiger partial charge in [0.2, 0.25) is 0 Å². The number of hydrogen-bond donors (Lipinski definition) is 1. The summed E-state index contributed by atoms with van der Waals surface area (Å²) in [7, 11) is 0. The van der Waals surface area contributed by atoms with Crippen LogP contribution in [-0.2, 0) is 0 Å². The molecule has 29 heavy (non-hydrogen) atoms. The molecule has 1 aromatic heterocycles. The van der Waals surface area contributed by atoms with Gasteiger partial charge in [-0.3, -0.25) is 14.9 Å². The van der Waals surface area contributed by atoms with E-state index in [-0.39, 0.29) is 11.6 Å². The van der Waals surface area contributed by atoms with Gasteiger partial charge < -0.3 is 15.1 Å². The number of nitro groups is 1. The molecule has 8 nitrogen and oxygen atoms in total. The van der Waals surface area contributed by atoms with Crippen LogP contribution in [0.15, 0.2) is 60.1 Å². The maximum Gasteiger partial charge on any atom is 0.293 e. The second kappa shape index (κ2) is 8.27. The average molecular weight is 409 g/mol. The summed E-state index contributed by atoms with van der Waals surface area (Å²) in [6.45, 7) is 2.48. The number of nitrogens with one attached hydrogen (secondary N) is 1. The third-order valence-corrected chi connectivity index (χ3v) is 5.58. The van der Waals surface area contributed by atoms with Crippen LogP contribution in [0.2, 0.25) is 0 Å². The fourth-order valence-electron chi connectivity index (χ4n) is 3.25. The van der Waals surface area contributed by atoms with E-state index in [2.05, 4.69) is 15.2 Å². The number of para-hydroxylation sites is 1. The Bertz CT molecular complexity index is 1000. The molecule has 2 heterocycles. The monoisotopic (exact) mass is 409 g/mol. The van der Waals surface area contributed by atoms with Crippen LogP contribution in [0.3, 0.4) is 0 Å². The van der Waals surface area contributed by atoms with Crippen molar-refractivity contribution in [2.45, 2.75) is 0 Å². The SMILES string of the molecule is O=C(c1ccc(Nc2ccccc2)c([N+](=O)[O-])c1)N1CCN(c2nccs2)CC1. The number of hydrogen-bond acceptors (Lipinski definition) is 7. The van der Waals surface area contributed by atoms with E-state index in [1.54, 1.807) is 34.6 Å². The molecule has 0 radical (unpaired) electrons. The van der Waals surface area contributed by atoms with Crippen molar-refractivity contribution in [1.29, 1.82) is 0 Å². The van der Waals surface area contributed by atoms with Crippen LogP contribution in [0.4, 0.5) is 22.2 Å². The molecule has 0 spiro atoms. The van der Waals surface area contributed by atoms with Crippen molar-refractivity contribution >= 4 is 39.4 Å². The van der Waals surface area contributed by atoms with E-state index in [1.807, 2.05) is 35.7 Å². The van der Waals surface area contributed by atoms with Gasteiger partial charge in [0.1, 0.15) is 5.69 Å². The fraction of sp³-hybridized carbons (Fsp3) is 0.200. The molecule has 0 atom stereocenters. The number of amides is 1. The minimum Gasteiger partial charge on any atom is -0.350 e. The number of rotatable bonds is 5. The Morgan fingerprint density at radius 3 is 2.52 bits per heavy atom. The summed E-state index contributed by atoms with van der Waals surface area (Å²) in [5.74, 6) is -0.196. The first kappa shape index (κ1) is 18.9. The van der Waals surface area contributed by atoms with Gasteiger partial charge in [-0.25, -0.2) is 4.98 Å². The zero-order chi connectivity index (χ0) is 20.2. The standard InChI is InChI=1S/C20H19N5O3S/c26-19(23-9-11-24(12-10-23)20-21-8-13-29-20)15-6-7-17(18(14-15)25(27)28)22-16-4-2-1-3-5-16/h1-8,13-14,22H,9-12H2. The summed E-state index contributed by atoms with van der Waals surface area (Å²) in [6, 6.07) is 13.8. The van der Waals surface area contributed by atoms with Crippen LogP contribution < -0.4 is 10.2 Å². The number of benzene rings is 2. The van der Waals surface area contributed by atoms with E-state index in [1.165, 1.54) is 6.07 Å². The third-order valence-electron chi connectivity index (χ3n) is 4.75. The molecule has 148 valence electrons. The van der Waals surface area contributed by atoms with Gasteiger partial charge in [0.05, 0.1) is 4.92 Å². The molecular weight excluding hydrogens is 390 g/mol. The Morgan fingerprint density at radius 1 is 1.10 bits per heavy atom. The second-order valence-electron chi connectivity index (χ2n) is 6.57. The first-order valence-corrected chi connectivity index (χ1v) is 10.0. The number of carbonyl (C=O) groups excluding carboxylic acids is 1. The number of thiazole rings is 1. The van der Waals surface area contributed by atoms with Crippen molar-refractivity contribution in [2.75, 3.05) is 36.4 Å². The van der Waals surface area contributed by atoms with E-state index in [0.717, 1.165) is 10.8 Å². The molecule has 1 N–H and O–H groups in total. The van der Waals surface area contributed by atoms with E-state index in [4.69, 9.17) is 0 Å². The van der Waals surface area contributed by atoms with Crippen molar-refractivity contribution in [1.82, 2.24) is 9.88 Å². The van der Waals surface area contributed by atoms with Crippen molar-refractivity contribution in [3.05, 3.63) is 75.8 Å². The first-order valence-electron chi connectivity index (χ1n) is 9.16. The topological polar surface area (TPSA) is 91.6 Å². The molecule has 0 bridgehead atoms. The number of anilines is 3. The zero-order valence-corrected chi connectivity index (χ0v) is 16.3. The van der Waals surface area contributed by atoms with Crippen molar-refractivity contribution in [3.63, 3.8) is 0 Å². The average Bonchev–Trinajstić information content (AvgIpc) is 3.29. The second-order valence-corrected chi connectivity index (χ2v) is 7.45. The van der Waals surface area contributed by atoms with Crippen molar-refractivity contribution in [3.8, 4) is 0 Å². The van der Waals surface area contributed by atoms with E-state index in [9.17, 15) is 14.9 Å². The summed E-state index contributed by atoms with van der Waals surface area (Å²) >= 11 is 1.57. The Hall–Kier alpha value is -3.46. The molecule has 1 aliphatic rings. The highest BCUT2D eigenvalue weighted by atomic mass is 32.1. The number of aromatic nitrogens is 1. The van der Waals surface area contributed by atoms with Crippen LogP contribution in [0, 0.1) is 10.1 Å². The highest BCUT2D eigenvalue weighted by Crippen LogP contribution is 2.29. The Balaban J connectivity index is 1.49. The van der Waals surface area contributed by atoms with Crippen molar-refractivity contribution < 1.29 is 9.72 Å². The normalized spacial score (nSPS) is 13.9. The Labute approximate surface area is 171 Å². The summed E-state index contributed by atoms with van der Waals surface area (Å²) in [5.41, 5.74) is 1.29. The zero-order valence-electron chi connectivity index (χ0n) is 15.5. The molecule has 0 unspecified atom stereocenters. The predicted molar refractivity (Wildman–Crippen MR) is 113 cm³/mol. The lowest BCUT2D eigenvalue weighted by Crippen LogP contribution is -2.48. The van der Waals surface area contributed by atoms with Gasteiger partial charge in [-0.1, -0.05) is 18.2 Å². The molecule has 0 aliphatic carbocycles. The molecule has 1 aliphatic heterocycles. The molecule has 0 saturated carbocycles. The molecule has 1 saturated heterocycles. The maximum absolute atomic E-state index is 12.9. The molecule has 2 aromatic carbocycles. The largest absolute Gasteiger partial charge is 0.350 e. The summed E-state index contributed by atoms with van der Waals surface area (Å²) in [6.07, 6.45) is 1.77. The van der Waals surface area contributed by atoms with Crippen LogP contribution in [0.25, 0.3) is 0 Å².